The normalized spacial score (nSPS) is 23.4. The number of hydrogen-bond acceptors (Lipinski definition) is 4. The van der Waals surface area contributed by atoms with Crippen molar-refractivity contribution in [2.75, 3.05) is 19.8 Å². The highest BCUT2D eigenvalue weighted by Gasteiger charge is 2.40. The van der Waals surface area contributed by atoms with Crippen LogP contribution in [0.15, 0.2) is 18.2 Å². The molecule has 1 heterocycles. The summed E-state index contributed by atoms with van der Waals surface area (Å²) in [5.74, 6) is 1.68. The number of hydrogen-bond donors (Lipinski definition) is 2. The van der Waals surface area contributed by atoms with E-state index in [-0.39, 0.29) is 11.3 Å². The molecule has 3 N–H and O–H groups in total. The largest absolute Gasteiger partial charge is 0.486 e. The highest BCUT2D eigenvalue weighted by atomic mass is 16.6. The van der Waals surface area contributed by atoms with Crippen LogP contribution in [-0.4, -0.2) is 31.2 Å². The lowest BCUT2D eigenvalue weighted by Gasteiger charge is -2.35. The van der Waals surface area contributed by atoms with Gasteiger partial charge in [0.25, 0.3) is 0 Å². The number of nitrogens with two attached hydrogens (primary N) is 1. The lowest BCUT2D eigenvalue weighted by Crippen LogP contribution is -2.56. The molecule has 0 spiro atoms. The van der Waals surface area contributed by atoms with Gasteiger partial charge < -0.3 is 20.5 Å². The Morgan fingerprint density at radius 2 is 1.62 bits per heavy atom. The molecule has 0 saturated heterocycles. The summed E-state index contributed by atoms with van der Waals surface area (Å²) in [6.07, 6.45) is 9.46. The van der Waals surface area contributed by atoms with Crippen LogP contribution >= 0.6 is 0 Å². The quantitative estimate of drug-likeness (QED) is 0.868. The molecule has 1 aromatic rings. The molecule has 1 aliphatic heterocycles. The van der Waals surface area contributed by atoms with E-state index in [0.717, 1.165) is 50.0 Å². The highest BCUT2D eigenvalue weighted by Crippen LogP contribution is 2.44. The van der Waals surface area contributed by atoms with Gasteiger partial charge in [-0.2, -0.15) is 0 Å². The number of amides is 1. The van der Waals surface area contributed by atoms with Gasteiger partial charge >= 0.3 is 0 Å². The monoisotopic (exact) mass is 358 g/mol. The van der Waals surface area contributed by atoms with Gasteiger partial charge in [-0.05, 0) is 43.4 Å². The Morgan fingerprint density at radius 3 is 2.35 bits per heavy atom. The van der Waals surface area contributed by atoms with E-state index in [1.807, 2.05) is 6.07 Å². The van der Waals surface area contributed by atoms with Crippen molar-refractivity contribution >= 4 is 5.91 Å². The topological polar surface area (TPSA) is 73.6 Å². The smallest absolute Gasteiger partial charge is 0.240 e. The zero-order valence-electron chi connectivity index (χ0n) is 15.5. The van der Waals surface area contributed by atoms with Crippen molar-refractivity contribution in [2.45, 2.75) is 68.7 Å². The molecule has 5 heteroatoms. The number of carbonyl (C=O) groups excluding carboxylic acids is 1. The first-order valence-electron chi connectivity index (χ1n) is 10.1. The second-order valence-corrected chi connectivity index (χ2v) is 8.25. The van der Waals surface area contributed by atoms with Crippen LogP contribution in [0.25, 0.3) is 0 Å². The summed E-state index contributed by atoms with van der Waals surface area (Å²) < 4.78 is 11.4. The van der Waals surface area contributed by atoms with Crippen molar-refractivity contribution in [3.63, 3.8) is 0 Å². The van der Waals surface area contributed by atoms with Crippen LogP contribution in [0.3, 0.4) is 0 Å². The van der Waals surface area contributed by atoms with Crippen LogP contribution in [0.4, 0.5) is 0 Å². The summed E-state index contributed by atoms with van der Waals surface area (Å²) in [4.78, 5) is 12.8. The van der Waals surface area contributed by atoms with Gasteiger partial charge in [0.05, 0.1) is 5.54 Å². The van der Waals surface area contributed by atoms with E-state index in [0.29, 0.717) is 19.8 Å². The number of carbonyl (C=O) groups is 1. The number of ether oxygens (including phenoxy) is 2. The lowest BCUT2D eigenvalue weighted by atomic mass is 9.77. The third-order valence-electron chi connectivity index (χ3n) is 6.50. The minimum atomic E-state index is -0.676. The summed E-state index contributed by atoms with van der Waals surface area (Å²) >= 11 is 0. The number of nitrogens with one attached hydrogen (secondary N) is 1. The zero-order chi connectivity index (χ0) is 18.0. The second-order valence-electron chi connectivity index (χ2n) is 8.25. The van der Waals surface area contributed by atoms with Crippen molar-refractivity contribution in [3.8, 4) is 11.5 Å². The summed E-state index contributed by atoms with van der Waals surface area (Å²) in [6.45, 7) is 1.85. The van der Waals surface area contributed by atoms with Gasteiger partial charge in [0, 0.05) is 12.0 Å². The lowest BCUT2D eigenvalue weighted by molar-refractivity contribution is -0.127. The second kappa shape index (κ2) is 7.10. The number of fused-ring (bicyclic) bond motifs is 1. The van der Waals surface area contributed by atoms with Crippen molar-refractivity contribution in [2.24, 2.45) is 5.73 Å². The van der Waals surface area contributed by atoms with Crippen LogP contribution < -0.4 is 20.5 Å². The minimum absolute atomic E-state index is 0.0173. The molecule has 3 aliphatic rings. The Kier molecular flexibility index (Phi) is 4.82. The maximum Gasteiger partial charge on any atom is 0.240 e. The fourth-order valence-corrected chi connectivity index (χ4v) is 4.83. The first-order valence-corrected chi connectivity index (χ1v) is 10.1. The summed E-state index contributed by atoms with van der Waals surface area (Å²) in [5, 5.41) is 3.22. The van der Waals surface area contributed by atoms with E-state index >= 15 is 0 Å². The highest BCUT2D eigenvalue weighted by molar-refractivity contribution is 5.86. The molecule has 0 unspecified atom stereocenters. The van der Waals surface area contributed by atoms with E-state index in [9.17, 15) is 4.79 Å². The van der Waals surface area contributed by atoms with Gasteiger partial charge in [-0.3, -0.25) is 4.79 Å². The SMILES string of the molecule is NC1(C(=O)NCC2(c3ccc4c(c3)OCCO4)CCCC2)CCCCC1. The first kappa shape index (κ1) is 17.7. The molecule has 0 bridgehead atoms. The first-order chi connectivity index (χ1) is 12.6. The fraction of sp³-hybridized carbons (Fsp3) is 0.667. The molecule has 26 heavy (non-hydrogen) atoms. The van der Waals surface area contributed by atoms with E-state index < -0.39 is 5.54 Å². The molecule has 0 aromatic heterocycles. The van der Waals surface area contributed by atoms with Gasteiger partial charge in [0.15, 0.2) is 11.5 Å². The average Bonchev–Trinajstić information content (AvgIpc) is 3.16. The van der Waals surface area contributed by atoms with Crippen LogP contribution in [0.1, 0.15) is 63.4 Å². The number of rotatable bonds is 4. The maximum absolute atomic E-state index is 12.8. The third-order valence-corrected chi connectivity index (χ3v) is 6.50. The molecule has 0 radical (unpaired) electrons. The van der Waals surface area contributed by atoms with E-state index in [1.165, 1.54) is 24.8 Å². The molecule has 142 valence electrons. The van der Waals surface area contributed by atoms with Crippen molar-refractivity contribution in [1.29, 1.82) is 0 Å². The maximum atomic E-state index is 12.8. The average molecular weight is 358 g/mol. The van der Waals surface area contributed by atoms with Crippen LogP contribution in [0.2, 0.25) is 0 Å². The van der Waals surface area contributed by atoms with E-state index in [2.05, 4.69) is 17.4 Å². The fourth-order valence-electron chi connectivity index (χ4n) is 4.83. The summed E-state index contributed by atoms with van der Waals surface area (Å²) in [5.41, 5.74) is 6.96. The van der Waals surface area contributed by atoms with Crippen LogP contribution in [-0.2, 0) is 10.2 Å². The summed E-state index contributed by atoms with van der Waals surface area (Å²) in [6, 6.07) is 6.27. The molecule has 1 aromatic carbocycles. The Bertz CT molecular complexity index is 661. The molecule has 4 rings (SSSR count). The standard InChI is InChI=1S/C21H30N2O3/c22-21(10-2-1-3-11-21)19(24)23-15-20(8-4-5-9-20)16-6-7-17-18(14-16)26-13-12-25-17/h6-7,14H,1-5,8-13,15,22H2,(H,23,24). The molecule has 2 saturated carbocycles. The minimum Gasteiger partial charge on any atom is -0.486 e. The van der Waals surface area contributed by atoms with E-state index in [1.54, 1.807) is 0 Å². The molecular formula is C21H30N2O3. The molecule has 0 atom stereocenters. The molecule has 1 amide bonds. The Morgan fingerprint density at radius 1 is 0.962 bits per heavy atom. The third kappa shape index (κ3) is 3.29. The molecule has 2 aliphatic carbocycles. The van der Waals surface area contributed by atoms with Gasteiger partial charge in [-0.1, -0.05) is 38.2 Å². The van der Waals surface area contributed by atoms with E-state index in [4.69, 9.17) is 15.2 Å². The molecule has 2 fully saturated rings. The van der Waals surface area contributed by atoms with Crippen LogP contribution in [0, 0.1) is 0 Å². The number of benzene rings is 1. The van der Waals surface area contributed by atoms with Crippen LogP contribution in [0.5, 0.6) is 11.5 Å². The van der Waals surface area contributed by atoms with Gasteiger partial charge in [-0.15, -0.1) is 0 Å². The Labute approximate surface area is 155 Å². The summed E-state index contributed by atoms with van der Waals surface area (Å²) in [7, 11) is 0. The predicted octanol–water partition coefficient (Wildman–Crippen LogP) is 3.05. The predicted molar refractivity (Wildman–Crippen MR) is 101 cm³/mol. The van der Waals surface area contributed by atoms with Crippen molar-refractivity contribution in [1.82, 2.24) is 5.32 Å². The Balaban J connectivity index is 1.51. The Hall–Kier alpha value is -1.75. The van der Waals surface area contributed by atoms with Crippen molar-refractivity contribution < 1.29 is 14.3 Å². The van der Waals surface area contributed by atoms with Crippen molar-refractivity contribution in [3.05, 3.63) is 23.8 Å². The van der Waals surface area contributed by atoms with Gasteiger partial charge in [-0.25, -0.2) is 0 Å². The zero-order valence-corrected chi connectivity index (χ0v) is 15.5. The van der Waals surface area contributed by atoms with Gasteiger partial charge in [0.1, 0.15) is 13.2 Å². The molecule has 5 nitrogen and oxygen atoms in total. The van der Waals surface area contributed by atoms with Gasteiger partial charge in [0.2, 0.25) is 5.91 Å². The molecular weight excluding hydrogens is 328 g/mol.